The van der Waals surface area contributed by atoms with Gasteiger partial charge in [0, 0.05) is 37.7 Å². The van der Waals surface area contributed by atoms with Gasteiger partial charge in [-0.05, 0) is 61.3 Å². The molecule has 4 aromatic rings. The SMILES string of the molecule is COc1cccc(CN(Cc2ccc(-n3ccnc3)cc2)c2nc(CN3CCCCC3)co2)c1. The number of hydrogen-bond donors (Lipinski definition) is 0. The van der Waals surface area contributed by atoms with Crippen molar-refractivity contribution in [1.29, 1.82) is 0 Å². The lowest BCUT2D eigenvalue weighted by Crippen LogP contribution is -2.29. The van der Waals surface area contributed by atoms with Crippen LogP contribution in [0.4, 0.5) is 6.01 Å². The first-order valence-electron chi connectivity index (χ1n) is 11.9. The third-order valence-electron chi connectivity index (χ3n) is 6.26. The number of likely N-dealkylation sites (tertiary alicyclic amines) is 1. The fourth-order valence-electron chi connectivity index (χ4n) is 4.45. The van der Waals surface area contributed by atoms with Crippen molar-refractivity contribution in [3.05, 3.63) is 90.3 Å². The number of imidazole rings is 1. The van der Waals surface area contributed by atoms with Crippen LogP contribution in [0.25, 0.3) is 5.69 Å². The minimum absolute atomic E-state index is 0.647. The first kappa shape index (κ1) is 22.2. The van der Waals surface area contributed by atoms with Crippen LogP contribution in [0.15, 0.2) is 77.9 Å². The van der Waals surface area contributed by atoms with E-state index in [0.29, 0.717) is 19.1 Å². The fourth-order valence-corrected chi connectivity index (χ4v) is 4.45. The predicted octanol–water partition coefficient (Wildman–Crippen LogP) is 5.06. The van der Waals surface area contributed by atoms with Crippen molar-refractivity contribution in [2.75, 3.05) is 25.1 Å². The van der Waals surface area contributed by atoms with Gasteiger partial charge in [-0.15, -0.1) is 0 Å². The Morgan fingerprint density at radius 1 is 1.00 bits per heavy atom. The molecule has 2 aromatic heterocycles. The molecule has 1 saturated heterocycles. The summed E-state index contributed by atoms with van der Waals surface area (Å²) in [5, 5.41) is 0. The molecular weight excluding hydrogens is 426 g/mol. The second-order valence-electron chi connectivity index (χ2n) is 8.80. The number of ether oxygens (including phenoxy) is 1. The molecule has 3 heterocycles. The minimum Gasteiger partial charge on any atom is -0.497 e. The van der Waals surface area contributed by atoms with Gasteiger partial charge in [-0.25, -0.2) is 4.98 Å². The average Bonchev–Trinajstić information content (AvgIpc) is 3.58. The topological polar surface area (TPSA) is 59.6 Å². The number of methoxy groups -OCH3 is 1. The molecule has 2 aromatic carbocycles. The maximum atomic E-state index is 6.00. The highest BCUT2D eigenvalue weighted by Gasteiger charge is 2.18. The van der Waals surface area contributed by atoms with Crippen LogP contribution in [0.5, 0.6) is 5.75 Å². The lowest BCUT2D eigenvalue weighted by Gasteiger charge is -2.25. The van der Waals surface area contributed by atoms with Crippen molar-refractivity contribution in [3.63, 3.8) is 0 Å². The summed E-state index contributed by atoms with van der Waals surface area (Å²) in [6.45, 7) is 4.48. The Morgan fingerprint density at radius 2 is 1.82 bits per heavy atom. The molecule has 7 nitrogen and oxygen atoms in total. The van der Waals surface area contributed by atoms with E-state index in [9.17, 15) is 0 Å². The van der Waals surface area contributed by atoms with Gasteiger partial charge < -0.3 is 18.6 Å². The summed E-state index contributed by atoms with van der Waals surface area (Å²) < 4.78 is 13.4. The number of benzene rings is 2. The summed E-state index contributed by atoms with van der Waals surface area (Å²) in [6.07, 6.45) is 11.2. The van der Waals surface area contributed by atoms with Crippen LogP contribution >= 0.6 is 0 Å². The molecule has 0 radical (unpaired) electrons. The van der Waals surface area contributed by atoms with E-state index in [1.807, 2.05) is 29.2 Å². The maximum absolute atomic E-state index is 6.00. The highest BCUT2D eigenvalue weighted by Crippen LogP contribution is 2.23. The molecule has 0 unspecified atom stereocenters. The lowest BCUT2D eigenvalue weighted by molar-refractivity contribution is 0.218. The van der Waals surface area contributed by atoms with Gasteiger partial charge in [0.05, 0.1) is 19.1 Å². The van der Waals surface area contributed by atoms with Crippen LogP contribution in [0.1, 0.15) is 36.1 Å². The zero-order valence-corrected chi connectivity index (χ0v) is 19.6. The summed E-state index contributed by atoms with van der Waals surface area (Å²) in [4.78, 5) is 13.7. The molecule has 0 amide bonds. The van der Waals surface area contributed by atoms with E-state index < -0.39 is 0 Å². The van der Waals surface area contributed by atoms with Gasteiger partial charge >= 0.3 is 0 Å². The highest BCUT2D eigenvalue weighted by molar-refractivity contribution is 5.39. The Balaban J connectivity index is 1.35. The monoisotopic (exact) mass is 457 g/mol. The summed E-state index contributed by atoms with van der Waals surface area (Å²) in [5.74, 6) is 0.848. The summed E-state index contributed by atoms with van der Waals surface area (Å²) >= 11 is 0. The first-order chi connectivity index (χ1) is 16.8. The van der Waals surface area contributed by atoms with E-state index in [-0.39, 0.29) is 0 Å². The molecule has 5 rings (SSSR count). The second kappa shape index (κ2) is 10.6. The molecular formula is C27H31N5O2. The molecule has 1 aliphatic heterocycles. The van der Waals surface area contributed by atoms with Gasteiger partial charge in [-0.3, -0.25) is 4.90 Å². The highest BCUT2D eigenvalue weighted by atomic mass is 16.5. The summed E-state index contributed by atoms with van der Waals surface area (Å²) in [6, 6.07) is 17.3. The number of piperidine rings is 1. The predicted molar refractivity (Wildman–Crippen MR) is 132 cm³/mol. The van der Waals surface area contributed by atoms with Crippen molar-refractivity contribution < 1.29 is 9.15 Å². The third kappa shape index (κ3) is 5.48. The fraction of sp³-hybridized carbons (Fsp3) is 0.333. The van der Waals surface area contributed by atoms with E-state index in [1.165, 1.54) is 24.8 Å². The van der Waals surface area contributed by atoms with Gasteiger partial charge in [-0.1, -0.05) is 30.7 Å². The van der Waals surface area contributed by atoms with Crippen molar-refractivity contribution >= 4 is 6.01 Å². The van der Waals surface area contributed by atoms with E-state index in [0.717, 1.165) is 42.3 Å². The first-order valence-corrected chi connectivity index (χ1v) is 11.9. The van der Waals surface area contributed by atoms with Crippen LogP contribution in [0.3, 0.4) is 0 Å². The molecule has 1 aliphatic rings. The van der Waals surface area contributed by atoms with Gasteiger partial charge in [0.1, 0.15) is 12.0 Å². The lowest BCUT2D eigenvalue weighted by atomic mass is 10.1. The number of aromatic nitrogens is 3. The Labute approximate surface area is 200 Å². The number of anilines is 1. The van der Waals surface area contributed by atoms with Crippen LogP contribution in [-0.4, -0.2) is 39.6 Å². The standard InChI is InChI=1S/C27H31N5O2/c1-33-26-7-5-6-23(16-26)18-32(17-22-8-10-25(11-9-22)31-15-12-28-21-31)27-29-24(20-34-27)19-30-13-3-2-4-14-30/h5-12,15-16,20-21H,2-4,13-14,17-19H2,1H3. The van der Waals surface area contributed by atoms with Crippen molar-refractivity contribution in [3.8, 4) is 11.4 Å². The van der Waals surface area contributed by atoms with Crippen LogP contribution in [0.2, 0.25) is 0 Å². The zero-order valence-electron chi connectivity index (χ0n) is 19.6. The Hall–Kier alpha value is -3.58. The molecule has 0 bridgehead atoms. The molecule has 0 saturated carbocycles. The molecule has 0 N–H and O–H groups in total. The average molecular weight is 458 g/mol. The third-order valence-corrected chi connectivity index (χ3v) is 6.26. The molecule has 0 aliphatic carbocycles. The van der Waals surface area contributed by atoms with Crippen molar-refractivity contribution in [1.82, 2.24) is 19.4 Å². The molecule has 34 heavy (non-hydrogen) atoms. The van der Waals surface area contributed by atoms with Gasteiger partial charge in [0.25, 0.3) is 6.01 Å². The number of oxazole rings is 1. The van der Waals surface area contributed by atoms with E-state index in [2.05, 4.69) is 51.2 Å². The maximum Gasteiger partial charge on any atom is 0.298 e. The quantitative estimate of drug-likeness (QED) is 0.350. The largest absolute Gasteiger partial charge is 0.497 e. The molecule has 176 valence electrons. The zero-order chi connectivity index (χ0) is 23.2. The smallest absolute Gasteiger partial charge is 0.298 e. The van der Waals surface area contributed by atoms with Gasteiger partial charge in [-0.2, -0.15) is 4.98 Å². The number of hydrogen-bond acceptors (Lipinski definition) is 6. The van der Waals surface area contributed by atoms with Crippen LogP contribution < -0.4 is 9.64 Å². The Bertz CT molecular complexity index is 1160. The van der Waals surface area contributed by atoms with Crippen molar-refractivity contribution in [2.24, 2.45) is 0 Å². The molecule has 0 spiro atoms. The Morgan fingerprint density at radius 3 is 2.59 bits per heavy atom. The van der Waals surface area contributed by atoms with Crippen LogP contribution in [0, 0.1) is 0 Å². The van der Waals surface area contributed by atoms with E-state index in [4.69, 9.17) is 14.1 Å². The van der Waals surface area contributed by atoms with Crippen molar-refractivity contribution in [2.45, 2.75) is 38.9 Å². The Kier molecular flexibility index (Phi) is 6.91. The normalized spacial score (nSPS) is 14.3. The number of nitrogens with zero attached hydrogens (tertiary/aromatic N) is 5. The molecule has 7 heteroatoms. The van der Waals surface area contributed by atoms with Crippen LogP contribution in [-0.2, 0) is 19.6 Å². The van der Waals surface area contributed by atoms with Gasteiger partial charge in [0.15, 0.2) is 0 Å². The number of rotatable bonds is 9. The molecule has 1 fully saturated rings. The summed E-state index contributed by atoms with van der Waals surface area (Å²) in [5.41, 5.74) is 4.40. The minimum atomic E-state index is 0.647. The second-order valence-corrected chi connectivity index (χ2v) is 8.80. The molecule has 0 atom stereocenters. The summed E-state index contributed by atoms with van der Waals surface area (Å²) in [7, 11) is 1.69. The van der Waals surface area contributed by atoms with Gasteiger partial charge in [0.2, 0.25) is 0 Å². The van der Waals surface area contributed by atoms with E-state index >= 15 is 0 Å². The van der Waals surface area contributed by atoms with E-state index in [1.54, 1.807) is 19.6 Å².